The van der Waals surface area contributed by atoms with E-state index in [1.165, 1.54) is 25.9 Å². The second-order valence-electron chi connectivity index (χ2n) is 6.67. The van der Waals surface area contributed by atoms with Crippen LogP contribution in [0.5, 0.6) is 0 Å². The second kappa shape index (κ2) is 6.04. The average molecular weight is 274 g/mol. The van der Waals surface area contributed by atoms with Crippen molar-refractivity contribution in [2.45, 2.75) is 65.0 Å². The number of piperidine rings is 1. The Labute approximate surface area is 116 Å². The summed E-state index contributed by atoms with van der Waals surface area (Å²) in [5.74, 6) is 0. The van der Waals surface area contributed by atoms with Gasteiger partial charge >= 0.3 is 0 Å². The maximum atomic E-state index is 12.5. The number of alkyl halides is 2. The van der Waals surface area contributed by atoms with Crippen LogP contribution in [0.3, 0.4) is 0 Å². The molecular weight excluding hydrogens is 246 g/mol. The van der Waals surface area contributed by atoms with Gasteiger partial charge in [-0.25, -0.2) is 8.78 Å². The maximum absolute atomic E-state index is 12.5. The van der Waals surface area contributed by atoms with E-state index in [-0.39, 0.29) is 6.54 Å². The zero-order chi connectivity index (χ0) is 14.0. The summed E-state index contributed by atoms with van der Waals surface area (Å²) in [7, 11) is 0. The van der Waals surface area contributed by atoms with E-state index in [0.717, 1.165) is 19.4 Å². The summed E-state index contributed by atoms with van der Waals surface area (Å²) in [6.07, 6.45) is 2.60. The van der Waals surface area contributed by atoms with Crippen LogP contribution in [-0.2, 0) is 0 Å². The molecule has 1 saturated carbocycles. The van der Waals surface area contributed by atoms with Gasteiger partial charge in [0.1, 0.15) is 0 Å². The molecule has 0 atom stereocenters. The van der Waals surface area contributed by atoms with Gasteiger partial charge in [0.15, 0.2) is 0 Å². The minimum absolute atomic E-state index is 0.0463. The molecule has 0 bridgehead atoms. The van der Waals surface area contributed by atoms with Crippen molar-refractivity contribution in [3.63, 3.8) is 0 Å². The molecule has 0 aromatic carbocycles. The molecule has 1 aliphatic heterocycles. The Bertz CT molecular complexity index is 278. The fourth-order valence-electron chi connectivity index (χ4n) is 3.83. The van der Waals surface area contributed by atoms with E-state index in [1.54, 1.807) is 0 Å². The highest BCUT2D eigenvalue weighted by atomic mass is 19.3. The van der Waals surface area contributed by atoms with E-state index in [0.29, 0.717) is 17.5 Å². The highest BCUT2D eigenvalue weighted by Gasteiger charge is 2.47. The third kappa shape index (κ3) is 3.46. The van der Waals surface area contributed by atoms with Gasteiger partial charge in [0.05, 0.1) is 6.54 Å². The van der Waals surface area contributed by atoms with Gasteiger partial charge in [-0.2, -0.15) is 0 Å². The highest BCUT2D eigenvalue weighted by molar-refractivity contribution is 5.01. The fraction of sp³-hybridized carbons (Fsp3) is 1.00. The molecule has 0 radical (unpaired) electrons. The van der Waals surface area contributed by atoms with E-state index >= 15 is 0 Å². The second-order valence-corrected chi connectivity index (χ2v) is 6.67. The predicted molar refractivity (Wildman–Crippen MR) is 74.6 cm³/mol. The Kier molecular flexibility index (Phi) is 4.83. The summed E-state index contributed by atoms with van der Waals surface area (Å²) in [4.78, 5) is 4.51. The van der Waals surface area contributed by atoms with E-state index in [4.69, 9.17) is 0 Å². The molecule has 1 spiro atoms. The van der Waals surface area contributed by atoms with Crippen LogP contribution in [-0.4, -0.2) is 54.5 Å². The van der Waals surface area contributed by atoms with Crippen molar-refractivity contribution >= 4 is 0 Å². The first-order valence-corrected chi connectivity index (χ1v) is 7.72. The van der Waals surface area contributed by atoms with Gasteiger partial charge in [0.25, 0.3) is 6.43 Å². The Morgan fingerprint density at radius 3 is 2.21 bits per heavy atom. The Morgan fingerprint density at radius 1 is 1.21 bits per heavy atom. The summed E-state index contributed by atoms with van der Waals surface area (Å²) in [6.45, 7) is 9.58. The van der Waals surface area contributed by atoms with Crippen LogP contribution in [0.4, 0.5) is 8.78 Å². The van der Waals surface area contributed by atoms with Gasteiger partial charge in [-0.1, -0.05) is 6.92 Å². The van der Waals surface area contributed by atoms with Gasteiger partial charge in [-0.3, -0.25) is 4.90 Å². The molecule has 0 amide bonds. The molecule has 4 heteroatoms. The molecule has 2 nitrogen and oxygen atoms in total. The molecule has 112 valence electrons. The molecular formula is C15H28F2N2. The lowest BCUT2D eigenvalue weighted by Crippen LogP contribution is -2.56. The van der Waals surface area contributed by atoms with Crippen LogP contribution in [0.2, 0.25) is 0 Å². The third-order valence-electron chi connectivity index (χ3n) is 5.22. The zero-order valence-electron chi connectivity index (χ0n) is 12.5. The summed E-state index contributed by atoms with van der Waals surface area (Å²) < 4.78 is 25.0. The number of halogens is 2. The molecule has 0 aromatic heterocycles. The number of nitrogens with zero attached hydrogens (tertiary/aromatic N) is 2. The molecule has 2 fully saturated rings. The van der Waals surface area contributed by atoms with E-state index in [9.17, 15) is 8.78 Å². The van der Waals surface area contributed by atoms with Crippen molar-refractivity contribution in [3.05, 3.63) is 0 Å². The van der Waals surface area contributed by atoms with Crippen molar-refractivity contribution in [2.75, 3.05) is 26.2 Å². The Morgan fingerprint density at radius 2 is 1.79 bits per heavy atom. The molecule has 19 heavy (non-hydrogen) atoms. The third-order valence-corrected chi connectivity index (χ3v) is 5.22. The van der Waals surface area contributed by atoms with Crippen LogP contribution >= 0.6 is 0 Å². The van der Waals surface area contributed by atoms with E-state index in [1.807, 2.05) is 11.8 Å². The van der Waals surface area contributed by atoms with Gasteiger partial charge < -0.3 is 4.90 Å². The van der Waals surface area contributed by atoms with Crippen molar-refractivity contribution in [2.24, 2.45) is 5.41 Å². The first kappa shape index (κ1) is 15.2. The normalized spacial score (nSPS) is 24.6. The SMILES string of the molecule is CCN(CC(F)F)C1CC2(CCN(C(C)C)CC2)C1. The lowest BCUT2D eigenvalue weighted by molar-refractivity contribution is -0.0594. The predicted octanol–water partition coefficient (Wildman–Crippen LogP) is 3.23. The standard InChI is InChI=1S/C15H28F2N2/c1-4-18(11-14(16)17)13-9-15(10-13)5-7-19(8-6-15)12(2)3/h12-14H,4-11H2,1-3H3. The highest BCUT2D eigenvalue weighted by Crippen LogP contribution is 2.51. The van der Waals surface area contributed by atoms with E-state index in [2.05, 4.69) is 18.7 Å². The minimum atomic E-state index is -2.20. The molecule has 2 aliphatic rings. The van der Waals surface area contributed by atoms with Gasteiger partial charge in [-0.15, -0.1) is 0 Å². The van der Waals surface area contributed by atoms with Crippen LogP contribution in [0.15, 0.2) is 0 Å². The zero-order valence-corrected chi connectivity index (χ0v) is 12.5. The molecule has 2 rings (SSSR count). The molecule has 1 heterocycles. The van der Waals surface area contributed by atoms with Crippen LogP contribution < -0.4 is 0 Å². The fourth-order valence-corrected chi connectivity index (χ4v) is 3.83. The maximum Gasteiger partial charge on any atom is 0.251 e. The van der Waals surface area contributed by atoms with Crippen molar-refractivity contribution in [3.8, 4) is 0 Å². The molecule has 0 aromatic rings. The topological polar surface area (TPSA) is 6.48 Å². The lowest BCUT2D eigenvalue weighted by Gasteiger charge is -2.55. The van der Waals surface area contributed by atoms with Crippen LogP contribution in [0.1, 0.15) is 46.5 Å². The monoisotopic (exact) mass is 274 g/mol. The first-order valence-electron chi connectivity index (χ1n) is 7.72. The summed E-state index contributed by atoms with van der Waals surface area (Å²) >= 11 is 0. The van der Waals surface area contributed by atoms with Crippen molar-refractivity contribution in [1.29, 1.82) is 0 Å². The Hall–Kier alpha value is -0.220. The van der Waals surface area contributed by atoms with Crippen molar-refractivity contribution < 1.29 is 8.78 Å². The van der Waals surface area contributed by atoms with Gasteiger partial charge in [-0.05, 0) is 64.6 Å². The lowest BCUT2D eigenvalue weighted by atomic mass is 9.60. The molecule has 0 unspecified atom stereocenters. The quantitative estimate of drug-likeness (QED) is 0.759. The summed E-state index contributed by atoms with van der Waals surface area (Å²) in [5, 5.41) is 0. The smallest absolute Gasteiger partial charge is 0.251 e. The molecule has 1 aliphatic carbocycles. The molecule has 1 saturated heterocycles. The Balaban J connectivity index is 1.79. The first-order chi connectivity index (χ1) is 8.96. The average Bonchev–Trinajstić information content (AvgIpc) is 2.33. The van der Waals surface area contributed by atoms with Gasteiger partial charge in [0.2, 0.25) is 0 Å². The number of hydrogen-bond acceptors (Lipinski definition) is 2. The number of likely N-dealkylation sites (tertiary alicyclic amines) is 1. The molecule has 0 N–H and O–H groups in total. The van der Waals surface area contributed by atoms with E-state index < -0.39 is 6.43 Å². The summed E-state index contributed by atoms with van der Waals surface area (Å²) in [5.41, 5.74) is 0.478. The summed E-state index contributed by atoms with van der Waals surface area (Å²) in [6, 6.07) is 1.05. The number of hydrogen-bond donors (Lipinski definition) is 0. The van der Waals surface area contributed by atoms with Gasteiger partial charge in [0, 0.05) is 12.1 Å². The van der Waals surface area contributed by atoms with Crippen LogP contribution in [0, 0.1) is 5.41 Å². The van der Waals surface area contributed by atoms with Crippen molar-refractivity contribution in [1.82, 2.24) is 9.80 Å². The van der Waals surface area contributed by atoms with Crippen LogP contribution in [0.25, 0.3) is 0 Å². The minimum Gasteiger partial charge on any atom is -0.301 e. The number of rotatable bonds is 5. The largest absolute Gasteiger partial charge is 0.301 e.